The van der Waals surface area contributed by atoms with Crippen LogP contribution in [0.15, 0.2) is 12.1 Å². The molecule has 1 aromatic heterocycles. The van der Waals surface area contributed by atoms with Crippen LogP contribution in [0.2, 0.25) is 0 Å². The third kappa shape index (κ3) is 3.65. The van der Waals surface area contributed by atoms with Crippen LogP contribution in [0.3, 0.4) is 0 Å². The van der Waals surface area contributed by atoms with E-state index in [0.717, 1.165) is 5.75 Å². The van der Waals surface area contributed by atoms with E-state index in [2.05, 4.69) is 4.98 Å². The van der Waals surface area contributed by atoms with Crippen molar-refractivity contribution in [2.75, 3.05) is 19.8 Å². The smallest absolute Gasteiger partial charge is 0.220 e. The average molecular weight is 211 g/mol. The first-order valence-corrected chi connectivity index (χ1v) is 5.20. The average Bonchev–Trinajstić information content (AvgIpc) is 2.19. The van der Waals surface area contributed by atoms with Crippen LogP contribution < -0.4 is 14.2 Å². The minimum Gasteiger partial charge on any atom is -0.493 e. The zero-order valence-corrected chi connectivity index (χ0v) is 9.45. The highest BCUT2D eigenvalue weighted by Gasteiger charge is 2.04. The summed E-state index contributed by atoms with van der Waals surface area (Å²) in [5.41, 5.74) is 0. The summed E-state index contributed by atoms with van der Waals surface area (Å²) in [5.74, 6) is 1.79. The number of hydrogen-bond donors (Lipinski definition) is 0. The number of aromatic nitrogens is 1. The summed E-state index contributed by atoms with van der Waals surface area (Å²) in [6.45, 7) is 7.52. The van der Waals surface area contributed by atoms with E-state index >= 15 is 0 Å². The summed E-state index contributed by atoms with van der Waals surface area (Å²) in [6, 6.07) is 3.52. The van der Waals surface area contributed by atoms with E-state index in [1.165, 1.54) is 0 Å². The van der Waals surface area contributed by atoms with Crippen LogP contribution in [0.4, 0.5) is 0 Å². The Bertz CT molecular complexity index is 242. The molecule has 0 spiro atoms. The Balaban J connectivity index is 2.86. The topological polar surface area (TPSA) is 40.6 Å². The zero-order valence-electron chi connectivity index (χ0n) is 9.45. The van der Waals surface area contributed by atoms with E-state index in [4.69, 9.17) is 14.2 Å². The lowest BCUT2D eigenvalue weighted by atomic mass is 10.4. The van der Waals surface area contributed by atoms with Gasteiger partial charge in [-0.1, -0.05) is 0 Å². The molecule has 0 amide bonds. The lowest BCUT2D eigenvalue weighted by Crippen LogP contribution is -2.00. The molecule has 1 rings (SSSR count). The first-order valence-electron chi connectivity index (χ1n) is 5.20. The molecule has 0 atom stereocenters. The standard InChI is InChI=1S/C11H17NO3/c1-4-13-9-7-10(14-5-2)12-11(8-9)15-6-3/h7-8H,4-6H2,1-3H3. The van der Waals surface area contributed by atoms with Crippen molar-refractivity contribution in [3.05, 3.63) is 12.1 Å². The van der Waals surface area contributed by atoms with Crippen LogP contribution in [-0.4, -0.2) is 24.8 Å². The quantitative estimate of drug-likeness (QED) is 0.723. The predicted octanol–water partition coefficient (Wildman–Crippen LogP) is 2.28. The lowest BCUT2D eigenvalue weighted by molar-refractivity contribution is 0.288. The maximum Gasteiger partial charge on any atom is 0.220 e. The molecule has 0 radical (unpaired) electrons. The SMILES string of the molecule is CCOc1cc(OCC)nc(OCC)c1. The molecule has 0 aromatic carbocycles. The van der Waals surface area contributed by atoms with E-state index in [1.54, 1.807) is 12.1 Å². The summed E-state index contributed by atoms with van der Waals surface area (Å²) >= 11 is 0. The number of pyridine rings is 1. The normalized spacial score (nSPS) is 9.80. The Morgan fingerprint density at radius 2 is 1.33 bits per heavy atom. The van der Waals surface area contributed by atoms with Gasteiger partial charge in [0.2, 0.25) is 11.8 Å². The van der Waals surface area contributed by atoms with Gasteiger partial charge in [0.1, 0.15) is 5.75 Å². The van der Waals surface area contributed by atoms with Crippen molar-refractivity contribution in [2.45, 2.75) is 20.8 Å². The van der Waals surface area contributed by atoms with Gasteiger partial charge in [-0.05, 0) is 20.8 Å². The van der Waals surface area contributed by atoms with Crippen molar-refractivity contribution in [1.29, 1.82) is 0 Å². The Hall–Kier alpha value is -1.45. The van der Waals surface area contributed by atoms with Crippen LogP contribution in [0.1, 0.15) is 20.8 Å². The van der Waals surface area contributed by atoms with Crippen molar-refractivity contribution in [3.63, 3.8) is 0 Å². The van der Waals surface area contributed by atoms with Crippen LogP contribution in [0, 0.1) is 0 Å². The third-order valence-electron chi connectivity index (χ3n) is 1.65. The molecule has 0 saturated heterocycles. The van der Waals surface area contributed by atoms with Gasteiger partial charge in [0.15, 0.2) is 0 Å². The fraction of sp³-hybridized carbons (Fsp3) is 0.545. The van der Waals surface area contributed by atoms with E-state index in [9.17, 15) is 0 Å². The summed E-state index contributed by atoms with van der Waals surface area (Å²) in [5, 5.41) is 0. The Morgan fingerprint density at radius 3 is 1.73 bits per heavy atom. The molecule has 4 nitrogen and oxygen atoms in total. The zero-order chi connectivity index (χ0) is 11.1. The Kier molecular flexibility index (Phi) is 4.74. The van der Waals surface area contributed by atoms with Gasteiger partial charge in [0.25, 0.3) is 0 Å². The minimum absolute atomic E-state index is 0.534. The summed E-state index contributed by atoms with van der Waals surface area (Å²) in [6.07, 6.45) is 0. The van der Waals surface area contributed by atoms with Crippen molar-refractivity contribution >= 4 is 0 Å². The van der Waals surface area contributed by atoms with E-state index in [-0.39, 0.29) is 0 Å². The maximum absolute atomic E-state index is 5.38. The molecular weight excluding hydrogens is 194 g/mol. The largest absolute Gasteiger partial charge is 0.493 e. The van der Waals surface area contributed by atoms with Crippen molar-refractivity contribution in [3.8, 4) is 17.5 Å². The minimum atomic E-state index is 0.534. The van der Waals surface area contributed by atoms with Crippen LogP contribution in [0.5, 0.6) is 17.5 Å². The highest BCUT2D eigenvalue weighted by Crippen LogP contribution is 2.23. The van der Waals surface area contributed by atoms with Gasteiger partial charge in [-0.15, -0.1) is 0 Å². The molecular formula is C11H17NO3. The molecule has 0 aliphatic rings. The monoisotopic (exact) mass is 211 g/mol. The number of rotatable bonds is 6. The van der Waals surface area contributed by atoms with Gasteiger partial charge in [-0.3, -0.25) is 0 Å². The molecule has 4 heteroatoms. The molecule has 0 unspecified atom stereocenters. The van der Waals surface area contributed by atoms with E-state index < -0.39 is 0 Å². The molecule has 1 heterocycles. The first kappa shape index (κ1) is 11.6. The molecule has 0 saturated carbocycles. The predicted molar refractivity (Wildman–Crippen MR) is 57.7 cm³/mol. The highest BCUT2D eigenvalue weighted by molar-refractivity contribution is 5.33. The second-order valence-electron chi connectivity index (χ2n) is 2.78. The van der Waals surface area contributed by atoms with E-state index in [0.29, 0.717) is 31.6 Å². The molecule has 84 valence electrons. The second-order valence-corrected chi connectivity index (χ2v) is 2.78. The maximum atomic E-state index is 5.38. The summed E-state index contributed by atoms with van der Waals surface area (Å²) in [7, 11) is 0. The third-order valence-corrected chi connectivity index (χ3v) is 1.65. The van der Waals surface area contributed by atoms with Crippen LogP contribution in [-0.2, 0) is 0 Å². The second kappa shape index (κ2) is 6.11. The molecule has 0 aliphatic carbocycles. The number of ether oxygens (including phenoxy) is 3. The van der Waals surface area contributed by atoms with Crippen molar-refractivity contribution in [1.82, 2.24) is 4.98 Å². The summed E-state index contributed by atoms with van der Waals surface area (Å²) in [4.78, 5) is 4.17. The molecule has 1 aromatic rings. The summed E-state index contributed by atoms with van der Waals surface area (Å²) < 4.78 is 16.0. The van der Waals surface area contributed by atoms with Crippen LogP contribution in [0.25, 0.3) is 0 Å². The number of hydrogen-bond acceptors (Lipinski definition) is 4. The molecule has 0 fully saturated rings. The van der Waals surface area contributed by atoms with Gasteiger partial charge in [0, 0.05) is 12.1 Å². The fourth-order valence-electron chi connectivity index (χ4n) is 1.15. The Morgan fingerprint density at radius 1 is 0.867 bits per heavy atom. The highest BCUT2D eigenvalue weighted by atomic mass is 16.5. The van der Waals surface area contributed by atoms with Crippen molar-refractivity contribution in [2.24, 2.45) is 0 Å². The molecule has 0 aliphatic heterocycles. The number of nitrogens with zero attached hydrogens (tertiary/aromatic N) is 1. The lowest BCUT2D eigenvalue weighted by Gasteiger charge is -2.09. The molecule has 0 bridgehead atoms. The Labute approximate surface area is 90.2 Å². The van der Waals surface area contributed by atoms with Crippen molar-refractivity contribution < 1.29 is 14.2 Å². The van der Waals surface area contributed by atoms with Crippen LogP contribution >= 0.6 is 0 Å². The van der Waals surface area contributed by atoms with Gasteiger partial charge in [-0.25, -0.2) is 0 Å². The molecule has 15 heavy (non-hydrogen) atoms. The first-order chi connectivity index (χ1) is 7.30. The van der Waals surface area contributed by atoms with Gasteiger partial charge in [0.05, 0.1) is 19.8 Å². The fourth-order valence-corrected chi connectivity index (χ4v) is 1.15. The van der Waals surface area contributed by atoms with E-state index in [1.807, 2.05) is 20.8 Å². The van der Waals surface area contributed by atoms with Gasteiger partial charge >= 0.3 is 0 Å². The van der Waals surface area contributed by atoms with Gasteiger partial charge < -0.3 is 14.2 Å². The van der Waals surface area contributed by atoms with Gasteiger partial charge in [-0.2, -0.15) is 4.98 Å². The molecule has 0 N–H and O–H groups in total.